The van der Waals surface area contributed by atoms with Gasteiger partial charge in [0.2, 0.25) is 0 Å². The first-order valence-corrected chi connectivity index (χ1v) is 10.7. The molecule has 7 nitrogen and oxygen atoms in total. The Kier molecular flexibility index (Phi) is 6.53. The molecular formula is C20H24N2O5S. The molecule has 1 amide bonds. The molecule has 2 N–H and O–H groups in total. The topological polar surface area (TPSA) is 93.7 Å². The molecule has 0 spiro atoms. The van der Waals surface area contributed by atoms with Crippen LogP contribution in [-0.4, -0.2) is 40.2 Å². The van der Waals surface area contributed by atoms with Crippen LogP contribution in [0.5, 0.6) is 5.75 Å². The fourth-order valence-corrected chi connectivity index (χ4v) is 3.96. The highest BCUT2D eigenvalue weighted by atomic mass is 32.2. The van der Waals surface area contributed by atoms with Crippen LogP contribution >= 0.6 is 0 Å². The summed E-state index contributed by atoms with van der Waals surface area (Å²) in [5.74, 6) is 0.399. The molecule has 0 unspecified atom stereocenters. The molecular weight excluding hydrogens is 380 g/mol. The summed E-state index contributed by atoms with van der Waals surface area (Å²) in [5.41, 5.74) is 0.839. The van der Waals surface area contributed by atoms with Crippen molar-refractivity contribution in [2.24, 2.45) is 0 Å². The van der Waals surface area contributed by atoms with E-state index >= 15 is 0 Å². The van der Waals surface area contributed by atoms with E-state index in [0.717, 1.165) is 19.4 Å². The Morgan fingerprint density at radius 2 is 1.86 bits per heavy atom. The summed E-state index contributed by atoms with van der Waals surface area (Å²) in [6.07, 6.45) is 2.04. The standard InChI is InChI=1S/C20H24N2O5S/c1-2-26-17-9-11-19(12-10-17)28(24,25)22-16-7-5-15(6-8-16)20(23)21-14-18-4-3-13-27-18/h5-12,18,22H,2-4,13-14H2,1H3,(H,21,23)/t18-/m1/s1. The summed E-state index contributed by atoms with van der Waals surface area (Å²) in [4.78, 5) is 12.3. The monoisotopic (exact) mass is 404 g/mol. The third-order valence-electron chi connectivity index (χ3n) is 4.36. The molecule has 28 heavy (non-hydrogen) atoms. The number of carbonyl (C=O) groups excluding carboxylic acids is 1. The lowest BCUT2D eigenvalue weighted by atomic mass is 10.2. The van der Waals surface area contributed by atoms with Crippen LogP contribution in [0.15, 0.2) is 53.4 Å². The first-order valence-electron chi connectivity index (χ1n) is 9.23. The molecule has 1 atom stereocenters. The van der Waals surface area contributed by atoms with Crippen molar-refractivity contribution in [2.75, 3.05) is 24.5 Å². The summed E-state index contributed by atoms with van der Waals surface area (Å²) < 4.78 is 38.3. The van der Waals surface area contributed by atoms with E-state index in [1.807, 2.05) is 6.92 Å². The maximum absolute atomic E-state index is 12.5. The Morgan fingerprint density at radius 1 is 1.14 bits per heavy atom. The van der Waals surface area contributed by atoms with Gasteiger partial charge in [0.15, 0.2) is 0 Å². The predicted octanol–water partition coefficient (Wildman–Crippen LogP) is 2.79. The lowest BCUT2D eigenvalue weighted by Crippen LogP contribution is -2.31. The zero-order chi connectivity index (χ0) is 20.0. The molecule has 0 saturated carbocycles. The Labute approximate surface area is 165 Å². The number of sulfonamides is 1. The van der Waals surface area contributed by atoms with Crippen LogP contribution in [0.1, 0.15) is 30.1 Å². The minimum atomic E-state index is -3.72. The van der Waals surface area contributed by atoms with Gasteiger partial charge in [-0.1, -0.05) is 0 Å². The van der Waals surface area contributed by atoms with Crippen LogP contribution in [0, 0.1) is 0 Å². The highest BCUT2D eigenvalue weighted by Gasteiger charge is 2.17. The SMILES string of the molecule is CCOc1ccc(S(=O)(=O)Nc2ccc(C(=O)NC[C@H]3CCCO3)cc2)cc1. The predicted molar refractivity (Wildman–Crippen MR) is 106 cm³/mol. The fourth-order valence-electron chi connectivity index (χ4n) is 2.90. The molecule has 1 saturated heterocycles. The Bertz CT molecular complexity index is 889. The molecule has 2 aromatic rings. The van der Waals surface area contributed by atoms with E-state index in [1.54, 1.807) is 36.4 Å². The highest BCUT2D eigenvalue weighted by molar-refractivity contribution is 7.92. The average molecular weight is 404 g/mol. The second-order valence-electron chi connectivity index (χ2n) is 6.43. The van der Waals surface area contributed by atoms with Gasteiger partial charge in [-0.3, -0.25) is 9.52 Å². The van der Waals surface area contributed by atoms with Crippen LogP contribution in [0.25, 0.3) is 0 Å². The number of amides is 1. The maximum atomic E-state index is 12.5. The molecule has 0 aliphatic carbocycles. The van der Waals surface area contributed by atoms with Crippen molar-refractivity contribution in [1.29, 1.82) is 0 Å². The molecule has 2 aromatic carbocycles. The second-order valence-corrected chi connectivity index (χ2v) is 8.11. The number of carbonyl (C=O) groups is 1. The largest absolute Gasteiger partial charge is 0.494 e. The first-order chi connectivity index (χ1) is 13.5. The molecule has 1 aliphatic heterocycles. The average Bonchev–Trinajstić information content (AvgIpc) is 3.21. The second kappa shape index (κ2) is 9.07. The number of anilines is 1. The van der Waals surface area contributed by atoms with E-state index in [1.165, 1.54) is 12.1 Å². The van der Waals surface area contributed by atoms with E-state index in [0.29, 0.717) is 30.2 Å². The van der Waals surface area contributed by atoms with Gasteiger partial charge in [0.05, 0.1) is 17.6 Å². The van der Waals surface area contributed by atoms with Crippen molar-refractivity contribution < 1.29 is 22.7 Å². The minimum absolute atomic E-state index is 0.0733. The van der Waals surface area contributed by atoms with E-state index in [-0.39, 0.29) is 16.9 Å². The van der Waals surface area contributed by atoms with Crippen molar-refractivity contribution in [2.45, 2.75) is 30.8 Å². The maximum Gasteiger partial charge on any atom is 0.261 e. The van der Waals surface area contributed by atoms with Gasteiger partial charge in [-0.2, -0.15) is 0 Å². The van der Waals surface area contributed by atoms with Crippen molar-refractivity contribution >= 4 is 21.6 Å². The highest BCUT2D eigenvalue weighted by Crippen LogP contribution is 2.20. The summed E-state index contributed by atoms with van der Waals surface area (Å²) in [5, 5.41) is 2.84. The van der Waals surface area contributed by atoms with E-state index in [9.17, 15) is 13.2 Å². The molecule has 3 rings (SSSR count). The Balaban J connectivity index is 1.60. The fraction of sp³-hybridized carbons (Fsp3) is 0.350. The molecule has 8 heteroatoms. The van der Waals surface area contributed by atoms with Gasteiger partial charge in [0.25, 0.3) is 15.9 Å². The Morgan fingerprint density at radius 3 is 2.46 bits per heavy atom. The van der Waals surface area contributed by atoms with Gasteiger partial charge in [-0.15, -0.1) is 0 Å². The van der Waals surface area contributed by atoms with Crippen molar-refractivity contribution in [1.82, 2.24) is 5.32 Å². The molecule has 150 valence electrons. The number of ether oxygens (including phenoxy) is 2. The number of rotatable bonds is 8. The number of benzene rings is 2. The first kappa shape index (κ1) is 20.2. The van der Waals surface area contributed by atoms with Gasteiger partial charge >= 0.3 is 0 Å². The lowest BCUT2D eigenvalue weighted by molar-refractivity contribution is 0.0858. The van der Waals surface area contributed by atoms with Gasteiger partial charge in [0, 0.05) is 24.4 Å². The normalized spacial score (nSPS) is 16.5. The van der Waals surface area contributed by atoms with Gasteiger partial charge in [-0.05, 0) is 68.3 Å². The molecule has 1 heterocycles. The smallest absolute Gasteiger partial charge is 0.261 e. The number of hydrogen-bond acceptors (Lipinski definition) is 5. The molecule has 0 aromatic heterocycles. The summed E-state index contributed by atoms with van der Waals surface area (Å²) in [7, 11) is -3.72. The lowest BCUT2D eigenvalue weighted by Gasteiger charge is -2.12. The van der Waals surface area contributed by atoms with Crippen molar-refractivity contribution in [3.63, 3.8) is 0 Å². The van der Waals surface area contributed by atoms with Gasteiger partial charge < -0.3 is 14.8 Å². The minimum Gasteiger partial charge on any atom is -0.494 e. The van der Waals surface area contributed by atoms with Crippen LogP contribution in [-0.2, 0) is 14.8 Å². The molecule has 0 radical (unpaired) electrons. The quantitative estimate of drug-likeness (QED) is 0.706. The van der Waals surface area contributed by atoms with Crippen LogP contribution in [0.3, 0.4) is 0 Å². The van der Waals surface area contributed by atoms with Gasteiger partial charge in [-0.25, -0.2) is 8.42 Å². The third-order valence-corrected chi connectivity index (χ3v) is 5.76. The number of hydrogen-bond donors (Lipinski definition) is 2. The molecule has 0 bridgehead atoms. The van der Waals surface area contributed by atoms with Crippen LogP contribution in [0.2, 0.25) is 0 Å². The van der Waals surface area contributed by atoms with Crippen LogP contribution < -0.4 is 14.8 Å². The molecule has 1 aliphatic rings. The molecule has 1 fully saturated rings. The van der Waals surface area contributed by atoms with E-state index in [2.05, 4.69) is 10.0 Å². The van der Waals surface area contributed by atoms with E-state index < -0.39 is 10.0 Å². The zero-order valence-electron chi connectivity index (χ0n) is 15.7. The Hall–Kier alpha value is -2.58. The number of nitrogens with one attached hydrogen (secondary N) is 2. The summed E-state index contributed by atoms with van der Waals surface area (Å²) in [6, 6.07) is 12.5. The van der Waals surface area contributed by atoms with Crippen molar-refractivity contribution in [3.8, 4) is 5.75 Å². The van der Waals surface area contributed by atoms with Crippen molar-refractivity contribution in [3.05, 3.63) is 54.1 Å². The van der Waals surface area contributed by atoms with Crippen LogP contribution in [0.4, 0.5) is 5.69 Å². The zero-order valence-corrected chi connectivity index (χ0v) is 16.5. The summed E-state index contributed by atoms with van der Waals surface area (Å²) >= 11 is 0. The summed E-state index contributed by atoms with van der Waals surface area (Å²) in [6.45, 7) is 3.59. The van der Waals surface area contributed by atoms with Gasteiger partial charge in [0.1, 0.15) is 5.75 Å². The van der Waals surface area contributed by atoms with E-state index in [4.69, 9.17) is 9.47 Å². The third kappa shape index (κ3) is 5.24.